The van der Waals surface area contributed by atoms with Crippen LogP contribution in [0.4, 0.5) is 5.69 Å². The second-order valence-corrected chi connectivity index (χ2v) is 9.16. The molecule has 0 aliphatic rings. The number of benzene rings is 3. The molecule has 3 rings (SSSR count). The first-order valence-corrected chi connectivity index (χ1v) is 12.0. The smallest absolute Gasteiger partial charge is 0.313 e. The fraction of sp³-hybridized carbons (Fsp3) is 0.296. The van der Waals surface area contributed by atoms with E-state index in [0.717, 1.165) is 22.3 Å². The zero-order valence-electron chi connectivity index (χ0n) is 19.3. The summed E-state index contributed by atoms with van der Waals surface area (Å²) >= 11 is -2.43. The fourth-order valence-corrected chi connectivity index (χ4v) is 4.58. The Kier molecular flexibility index (Phi) is 8.80. The number of hydrogen-bond donors (Lipinski definition) is 0. The van der Waals surface area contributed by atoms with Crippen LogP contribution < -0.4 is 4.31 Å². The van der Waals surface area contributed by atoms with E-state index in [4.69, 9.17) is 4.74 Å². The zero-order valence-corrected chi connectivity index (χ0v) is 20.1. The number of carbonyl (C=O) groups excluding carboxylic acids is 1. The van der Waals surface area contributed by atoms with Crippen molar-refractivity contribution in [2.24, 2.45) is 0 Å². The van der Waals surface area contributed by atoms with E-state index in [9.17, 15) is 13.6 Å². The van der Waals surface area contributed by atoms with Crippen molar-refractivity contribution in [1.82, 2.24) is 0 Å². The van der Waals surface area contributed by atoms with Crippen LogP contribution in [0.5, 0.6) is 0 Å². The van der Waals surface area contributed by atoms with Crippen molar-refractivity contribution in [2.75, 3.05) is 18.0 Å². The van der Waals surface area contributed by atoms with Crippen LogP contribution in [0, 0.1) is 13.8 Å². The van der Waals surface area contributed by atoms with Crippen LogP contribution in [0.3, 0.4) is 0 Å². The second-order valence-electron chi connectivity index (χ2n) is 8.29. The van der Waals surface area contributed by atoms with Gasteiger partial charge in [-0.25, -0.2) is 0 Å². The third-order valence-electron chi connectivity index (χ3n) is 5.93. The summed E-state index contributed by atoms with van der Waals surface area (Å²) in [6.07, 6.45) is 1.17. The van der Waals surface area contributed by atoms with Crippen LogP contribution in [0.2, 0.25) is 0 Å². The second kappa shape index (κ2) is 11.8. The first-order valence-electron chi connectivity index (χ1n) is 11.0. The predicted molar refractivity (Wildman–Crippen MR) is 132 cm³/mol. The van der Waals surface area contributed by atoms with Gasteiger partial charge in [0.2, 0.25) is 0 Å². The molecule has 0 heterocycles. The Morgan fingerprint density at radius 3 is 2.00 bits per heavy atom. The molecule has 174 valence electrons. The number of carbonyl (C=O) groups is 1. The molecule has 3 aromatic carbocycles. The topological polar surface area (TPSA) is 69.7 Å². The maximum absolute atomic E-state index is 12.6. The van der Waals surface area contributed by atoms with Crippen molar-refractivity contribution in [3.05, 3.63) is 101 Å². The Labute approximate surface area is 198 Å². The van der Waals surface area contributed by atoms with Crippen molar-refractivity contribution in [3.63, 3.8) is 0 Å². The molecule has 0 fully saturated rings. The Morgan fingerprint density at radius 1 is 0.879 bits per heavy atom. The van der Waals surface area contributed by atoms with Gasteiger partial charge in [0.05, 0.1) is 13.0 Å². The molecule has 0 aliphatic carbocycles. The maximum Gasteiger partial charge on any atom is 0.313 e. The number of anilines is 1. The Bertz CT molecular complexity index is 1050. The van der Waals surface area contributed by atoms with E-state index in [-0.39, 0.29) is 18.4 Å². The lowest BCUT2D eigenvalue weighted by molar-refractivity contribution is -0.142. The Morgan fingerprint density at radius 2 is 1.45 bits per heavy atom. The van der Waals surface area contributed by atoms with Gasteiger partial charge in [-0.3, -0.25) is 9.00 Å². The normalized spacial score (nSPS) is 13.7. The number of ether oxygens (including phenoxy) is 1. The molecule has 0 saturated carbocycles. The highest BCUT2D eigenvalue weighted by atomic mass is 32.2. The number of methoxy groups -OCH3 is 1. The van der Waals surface area contributed by atoms with Gasteiger partial charge < -0.3 is 13.6 Å². The molecular weight excluding hydrogens is 434 g/mol. The van der Waals surface area contributed by atoms with Gasteiger partial charge in [-0.15, -0.1) is 0 Å². The van der Waals surface area contributed by atoms with Crippen LogP contribution in [0.15, 0.2) is 78.9 Å². The SMILES string of the molecule is COC(=O)C(CCC(CN(c1ccc(C)cc1)S(=O)[O-])c1ccc(C)cc1)c1ccccc1. The largest absolute Gasteiger partial charge is 0.755 e. The van der Waals surface area contributed by atoms with Crippen molar-refractivity contribution in [1.29, 1.82) is 0 Å². The molecule has 3 aromatic rings. The van der Waals surface area contributed by atoms with Gasteiger partial charge in [0.15, 0.2) is 0 Å². The predicted octanol–water partition coefficient (Wildman–Crippen LogP) is 5.42. The summed E-state index contributed by atoms with van der Waals surface area (Å²) in [6, 6.07) is 25.1. The Balaban J connectivity index is 1.88. The van der Waals surface area contributed by atoms with Gasteiger partial charge >= 0.3 is 5.97 Å². The van der Waals surface area contributed by atoms with E-state index in [1.807, 2.05) is 92.7 Å². The standard InChI is InChI=1S/C27H31NO4S/c1-20-9-13-22(14-10-20)24(19-28(33(30)31)25-16-11-21(2)12-17-25)15-18-26(27(29)32-3)23-7-5-4-6-8-23/h4-14,16-17,24,26H,15,18-19H2,1-3H3,(H,30,31)/p-1. The number of esters is 1. The zero-order chi connectivity index (χ0) is 23.8. The summed E-state index contributed by atoms with van der Waals surface area (Å²) in [4.78, 5) is 12.6. The molecule has 0 bridgehead atoms. The quantitative estimate of drug-likeness (QED) is 0.297. The van der Waals surface area contributed by atoms with Crippen molar-refractivity contribution >= 4 is 22.9 Å². The van der Waals surface area contributed by atoms with Crippen molar-refractivity contribution in [3.8, 4) is 0 Å². The van der Waals surface area contributed by atoms with E-state index in [1.54, 1.807) is 0 Å². The lowest BCUT2D eigenvalue weighted by Gasteiger charge is -2.31. The molecule has 0 aliphatic heterocycles. The summed E-state index contributed by atoms with van der Waals surface area (Å²) in [5, 5.41) is 0. The van der Waals surface area contributed by atoms with Crippen LogP contribution in [-0.4, -0.2) is 28.4 Å². The van der Waals surface area contributed by atoms with Gasteiger partial charge in [-0.2, -0.15) is 0 Å². The third kappa shape index (κ3) is 6.76. The highest BCUT2D eigenvalue weighted by molar-refractivity contribution is 7.80. The van der Waals surface area contributed by atoms with E-state index < -0.39 is 17.2 Å². The molecule has 3 unspecified atom stereocenters. The minimum Gasteiger partial charge on any atom is -0.755 e. The summed E-state index contributed by atoms with van der Waals surface area (Å²) < 4.78 is 30.8. The first kappa shape index (κ1) is 24.7. The highest BCUT2D eigenvalue weighted by Gasteiger charge is 2.25. The monoisotopic (exact) mass is 464 g/mol. The minimum atomic E-state index is -2.43. The van der Waals surface area contributed by atoms with Crippen LogP contribution in [0.1, 0.15) is 46.9 Å². The van der Waals surface area contributed by atoms with E-state index >= 15 is 0 Å². The van der Waals surface area contributed by atoms with Crippen molar-refractivity contribution < 1.29 is 18.3 Å². The summed E-state index contributed by atoms with van der Waals surface area (Å²) in [7, 11) is 1.40. The molecule has 6 heteroatoms. The minimum absolute atomic E-state index is 0.0966. The molecule has 0 radical (unpaired) electrons. The van der Waals surface area contributed by atoms with Gasteiger partial charge in [-0.05, 0) is 49.9 Å². The van der Waals surface area contributed by atoms with Crippen LogP contribution in [0.25, 0.3) is 0 Å². The maximum atomic E-state index is 12.6. The molecule has 3 atom stereocenters. The molecule has 0 amide bonds. The lowest BCUT2D eigenvalue weighted by atomic mass is 9.87. The number of nitrogens with zero attached hydrogens (tertiary/aromatic N) is 1. The Hall–Kier alpha value is -2.96. The number of hydrogen-bond acceptors (Lipinski definition) is 4. The highest BCUT2D eigenvalue weighted by Crippen LogP contribution is 2.31. The average Bonchev–Trinajstić information content (AvgIpc) is 2.83. The molecule has 33 heavy (non-hydrogen) atoms. The molecular formula is C27H30NO4S-. The molecule has 0 aromatic heterocycles. The van der Waals surface area contributed by atoms with Gasteiger partial charge in [0.25, 0.3) is 0 Å². The first-order chi connectivity index (χ1) is 15.9. The lowest BCUT2D eigenvalue weighted by Crippen LogP contribution is -2.31. The van der Waals surface area contributed by atoms with E-state index in [1.165, 1.54) is 11.4 Å². The van der Waals surface area contributed by atoms with Crippen LogP contribution in [-0.2, 0) is 20.8 Å². The summed E-state index contributed by atoms with van der Waals surface area (Å²) in [5.74, 6) is -0.790. The number of aryl methyl sites for hydroxylation is 2. The van der Waals surface area contributed by atoms with Crippen molar-refractivity contribution in [2.45, 2.75) is 38.5 Å². The van der Waals surface area contributed by atoms with E-state index in [0.29, 0.717) is 18.5 Å². The third-order valence-corrected chi connectivity index (χ3v) is 6.65. The number of rotatable bonds is 10. The molecule has 0 N–H and O–H groups in total. The average molecular weight is 465 g/mol. The molecule has 0 saturated heterocycles. The summed E-state index contributed by atoms with van der Waals surface area (Å²) in [5.41, 5.74) is 4.76. The van der Waals surface area contributed by atoms with Gasteiger partial charge in [0.1, 0.15) is 0 Å². The van der Waals surface area contributed by atoms with Crippen LogP contribution >= 0.6 is 0 Å². The van der Waals surface area contributed by atoms with Gasteiger partial charge in [0, 0.05) is 29.4 Å². The fourth-order valence-electron chi connectivity index (χ4n) is 3.98. The molecule has 5 nitrogen and oxygen atoms in total. The summed E-state index contributed by atoms with van der Waals surface area (Å²) in [6.45, 7) is 4.27. The van der Waals surface area contributed by atoms with Gasteiger partial charge in [-0.1, -0.05) is 77.9 Å². The molecule has 0 spiro atoms. The van der Waals surface area contributed by atoms with E-state index in [2.05, 4.69) is 0 Å².